The van der Waals surface area contributed by atoms with Gasteiger partial charge in [0.15, 0.2) is 6.10 Å². The van der Waals surface area contributed by atoms with Crippen molar-refractivity contribution < 1.29 is 27.8 Å². The van der Waals surface area contributed by atoms with Crippen molar-refractivity contribution in [1.29, 1.82) is 0 Å². The first-order valence-corrected chi connectivity index (χ1v) is 9.76. The van der Waals surface area contributed by atoms with Crippen LogP contribution in [0.25, 0.3) is 0 Å². The maximum Gasteiger partial charge on any atom is 0.415 e. The molecule has 5 nitrogen and oxygen atoms in total. The number of carbonyl (C=O) groups is 1. The fourth-order valence-corrected chi connectivity index (χ4v) is 3.64. The molecule has 1 amide bonds. The highest BCUT2D eigenvalue weighted by atomic mass is 19.1. The zero-order valence-electron chi connectivity index (χ0n) is 16.8. The van der Waals surface area contributed by atoms with Crippen LogP contribution in [0.1, 0.15) is 17.2 Å². The SMILES string of the molecule is COc1ccc(N2C(=O)O[C@@H](COCc3ccccc3)[C@@H]2c2cc(F)cc(F)c2)cc1. The Morgan fingerprint density at radius 1 is 0.968 bits per heavy atom. The summed E-state index contributed by atoms with van der Waals surface area (Å²) in [5.41, 5.74) is 1.77. The molecule has 0 radical (unpaired) electrons. The molecule has 0 aromatic heterocycles. The van der Waals surface area contributed by atoms with Gasteiger partial charge in [-0.15, -0.1) is 0 Å². The summed E-state index contributed by atoms with van der Waals surface area (Å²) in [4.78, 5) is 14.1. The van der Waals surface area contributed by atoms with Crippen molar-refractivity contribution in [2.75, 3.05) is 18.6 Å². The van der Waals surface area contributed by atoms with Crippen molar-refractivity contribution in [3.8, 4) is 5.75 Å². The summed E-state index contributed by atoms with van der Waals surface area (Å²) < 4.78 is 44.4. The fourth-order valence-electron chi connectivity index (χ4n) is 3.64. The summed E-state index contributed by atoms with van der Waals surface area (Å²) in [6, 6.07) is 18.8. The highest BCUT2D eigenvalue weighted by Crippen LogP contribution is 2.38. The number of rotatable bonds is 7. The quantitative estimate of drug-likeness (QED) is 0.518. The van der Waals surface area contributed by atoms with Gasteiger partial charge in [0.2, 0.25) is 0 Å². The number of nitrogens with zero attached hydrogens (tertiary/aromatic N) is 1. The molecule has 0 spiro atoms. The molecule has 2 atom stereocenters. The van der Waals surface area contributed by atoms with Gasteiger partial charge in [0.05, 0.1) is 20.3 Å². The predicted molar refractivity (Wildman–Crippen MR) is 111 cm³/mol. The van der Waals surface area contributed by atoms with E-state index >= 15 is 0 Å². The summed E-state index contributed by atoms with van der Waals surface area (Å²) in [6.45, 7) is 0.387. The second-order valence-electron chi connectivity index (χ2n) is 7.14. The summed E-state index contributed by atoms with van der Waals surface area (Å²) in [6.07, 6.45) is -1.37. The molecule has 3 aromatic rings. The largest absolute Gasteiger partial charge is 0.497 e. The van der Waals surface area contributed by atoms with Crippen LogP contribution in [-0.2, 0) is 16.1 Å². The summed E-state index contributed by atoms with van der Waals surface area (Å²) >= 11 is 0. The zero-order chi connectivity index (χ0) is 21.8. The number of hydrogen-bond donors (Lipinski definition) is 0. The lowest BCUT2D eigenvalue weighted by Gasteiger charge is -2.25. The van der Waals surface area contributed by atoms with E-state index in [4.69, 9.17) is 14.2 Å². The van der Waals surface area contributed by atoms with E-state index in [1.807, 2.05) is 30.3 Å². The smallest absolute Gasteiger partial charge is 0.415 e. The van der Waals surface area contributed by atoms with Crippen LogP contribution in [0.3, 0.4) is 0 Å². The van der Waals surface area contributed by atoms with E-state index in [0.717, 1.165) is 11.6 Å². The number of carbonyl (C=O) groups excluding carboxylic acids is 1. The number of benzene rings is 3. The standard InChI is InChI=1S/C24H21F2NO4/c1-29-21-9-7-20(8-10-21)27-23(17-11-18(25)13-19(26)12-17)22(31-24(27)28)15-30-14-16-5-3-2-4-6-16/h2-13,22-23H,14-15H2,1H3/t22-,23-/m0/s1. The van der Waals surface area contributed by atoms with Crippen LogP contribution in [0.4, 0.5) is 19.3 Å². The number of cyclic esters (lactones) is 1. The topological polar surface area (TPSA) is 48.0 Å². The summed E-state index contributed by atoms with van der Waals surface area (Å²) in [5.74, 6) is -0.839. The Kier molecular flexibility index (Phi) is 6.13. The van der Waals surface area contributed by atoms with Crippen molar-refractivity contribution in [3.63, 3.8) is 0 Å². The lowest BCUT2D eigenvalue weighted by Crippen LogP contribution is -2.31. The molecule has 1 fully saturated rings. The highest BCUT2D eigenvalue weighted by molar-refractivity contribution is 5.91. The third-order valence-corrected chi connectivity index (χ3v) is 5.05. The van der Waals surface area contributed by atoms with Gasteiger partial charge in [0, 0.05) is 11.8 Å². The predicted octanol–water partition coefficient (Wildman–Crippen LogP) is 5.26. The van der Waals surface area contributed by atoms with Gasteiger partial charge in [0.25, 0.3) is 0 Å². The average Bonchev–Trinajstić information content (AvgIpc) is 3.10. The van der Waals surface area contributed by atoms with Gasteiger partial charge in [-0.1, -0.05) is 30.3 Å². The first-order valence-electron chi connectivity index (χ1n) is 9.76. The highest BCUT2D eigenvalue weighted by Gasteiger charge is 2.44. The Labute approximate surface area is 178 Å². The molecule has 1 aliphatic rings. The Morgan fingerprint density at radius 2 is 1.65 bits per heavy atom. The molecule has 0 saturated carbocycles. The van der Waals surface area contributed by atoms with Crippen molar-refractivity contribution in [1.82, 2.24) is 0 Å². The minimum absolute atomic E-state index is 0.0656. The number of halogens is 2. The molecule has 1 saturated heterocycles. The van der Waals surface area contributed by atoms with E-state index in [-0.39, 0.29) is 12.2 Å². The molecule has 4 rings (SSSR count). The maximum absolute atomic E-state index is 14.0. The first-order chi connectivity index (χ1) is 15.0. The van der Waals surface area contributed by atoms with Crippen molar-refractivity contribution in [3.05, 3.63) is 95.6 Å². The van der Waals surface area contributed by atoms with Crippen LogP contribution in [0.2, 0.25) is 0 Å². The zero-order valence-corrected chi connectivity index (χ0v) is 16.8. The Hall–Kier alpha value is -3.45. The van der Waals surface area contributed by atoms with Gasteiger partial charge in [0.1, 0.15) is 23.4 Å². The van der Waals surface area contributed by atoms with Gasteiger partial charge >= 0.3 is 6.09 Å². The fraction of sp³-hybridized carbons (Fsp3) is 0.208. The first kappa shape index (κ1) is 20.8. The van der Waals surface area contributed by atoms with E-state index in [1.54, 1.807) is 24.3 Å². The minimum Gasteiger partial charge on any atom is -0.497 e. The molecule has 0 aliphatic carbocycles. The van der Waals surface area contributed by atoms with Crippen molar-refractivity contribution in [2.45, 2.75) is 18.8 Å². The molecule has 7 heteroatoms. The molecule has 1 heterocycles. The second-order valence-corrected chi connectivity index (χ2v) is 7.14. The summed E-state index contributed by atoms with van der Waals surface area (Å²) in [5, 5.41) is 0. The molecule has 0 N–H and O–H groups in total. The van der Waals surface area contributed by atoms with Gasteiger partial charge in [-0.25, -0.2) is 13.6 Å². The Bertz CT molecular complexity index is 1020. The van der Waals surface area contributed by atoms with E-state index in [2.05, 4.69) is 0 Å². The van der Waals surface area contributed by atoms with Crippen LogP contribution < -0.4 is 9.64 Å². The van der Waals surface area contributed by atoms with E-state index in [0.29, 0.717) is 18.0 Å². The maximum atomic E-state index is 14.0. The van der Waals surface area contributed by atoms with E-state index in [9.17, 15) is 13.6 Å². The lowest BCUT2D eigenvalue weighted by atomic mass is 10.00. The molecular formula is C24H21F2NO4. The molecular weight excluding hydrogens is 404 g/mol. The second kappa shape index (κ2) is 9.14. The third kappa shape index (κ3) is 4.67. The van der Waals surface area contributed by atoms with Gasteiger partial charge in [-0.3, -0.25) is 4.90 Å². The van der Waals surface area contributed by atoms with Gasteiger partial charge in [-0.05, 0) is 47.5 Å². The Balaban J connectivity index is 1.62. The third-order valence-electron chi connectivity index (χ3n) is 5.05. The molecule has 160 valence electrons. The van der Waals surface area contributed by atoms with Crippen LogP contribution in [-0.4, -0.2) is 25.9 Å². The minimum atomic E-state index is -0.762. The number of anilines is 1. The molecule has 1 aliphatic heterocycles. The molecule has 0 unspecified atom stereocenters. The Morgan fingerprint density at radius 3 is 2.29 bits per heavy atom. The monoisotopic (exact) mass is 425 g/mol. The van der Waals surface area contributed by atoms with Crippen LogP contribution in [0.15, 0.2) is 72.8 Å². The lowest BCUT2D eigenvalue weighted by molar-refractivity contribution is 0.0272. The van der Waals surface area contributed by atoms with Gasteiger partial charge in [-0.2, -0.15) is 0 Å². The van der Waals surface area contributed by atoms with Crippen LogP contribution >= 0.6 is 0 Å². The number of amides is 1. The number of hydrogen-bond acceptors (Lipinski definition) is 4. The van der Waals surface area contributed by atoms with E-state index in [1.165, 1.54) is 24.1 Å². The molecule has 0 bridgehead atoms. The van der Waals surface area contributed by atoms with Crippen molar-refractivity contribution >= 4 is 11.8 Å². The summed E-state index contributed by atoms with van der Waals surface area (Å²) in [7, 11) is 1.54. The van der Waals surface area contributed by atoms with Crippen LogP contribution in [0, 0.1) is 11.6 Å². The molecule has 3 aromatic carbocycles. The van der Waals surface area contributed by atoms with Crippen LogP contribution in [0.5, 0.6) is 5.75 Å². The van der Waals surface area contributed by atoms with Gasteiger partial charge < -0.3 is 14.2 Å². The molecule has 31 heavy (non-hydrogen) atoms. The average molecular weight is 425 g/mol. The normalized spacial score (nSPS) is 18.2. The number of methoxy groups -OCH3 is 1. The van der Waals surface area contributed by atoms with Crippen molar-refractivity contribution in [2.24, 2.45) is 0 Å². The van der Waals surface area contributed by atoms with E-state index < -0.39 is 29.9 Å². The number of ether oxygens (including phenoxy) is 3.